The number of hydrazine groups is 1. The summed E-state index contributed by atoms with van der Waals surface area (Å²) >= 11 is 10.7. The first kappa shape index (κ1) is 16.9. The second-order valence-electron chi connectivity index (χ2n) is 4.63. The summed E-state index contributed by atoms with van der Waals surface area (Å²) in [5.74, 6) is -0.640. The molecule has 118 valence electrons. The van der Waals surface area contributed by atoms with E-state index < -0.39 is 0 Å². The van der Waals surface area contributed by atoms with E-state index >= 15 is 0 Å². The molecule has 0 aliphatic rings. The van der Waals surface area contributed by atoms with E-state index in [9.17, 15) is 9.59 Å². The number of carbonyl (C=O) groups excluding carboxylic acids is 2. The molecule has 0 spiro atoms. The zero-order chi connectivity index (χ0) is 16.7. The van der Waals surface area contributed by atoms with Gasteiger partial charge in [0.2, 0.25) is 5.91 Å². The largest absolute Gasteiger partial charge is 0.302 e. The highest BCUT2D eigenvalue weighted by atomic mass is 35.5. The highest BCUT2D eigenvalue weighted by molar-refractivity contribution is 7.80. The lowest BCUT2D eigenvalue weighted by Crippen LogP contribution is -2.48. The Labute approximate surface area is 144 Å². The molecule has 2 aromatic rings. The number of hydrogen-bond donors (Lipinski definition) is 3. The van der Waals surface area contributed by atoms with Crippen LogP contribution in [0.15, 0.2) is 54.6 Å². The highest BCUT2D eigenvalue weighted by Gasteiger charge is 2.08. The van der Waals surface area contributed by atoms with Gasteiger partial charge in [-0.1, -0.05) is 41.9 Å². The molecule has 0 aliphatic heterocycles. The molecule has 3 N–H and O–H groups in total. The van der Waals surface area contributed by atoms with Gasteiger partial charge in [0, 0.05) is 10.6 Å². The fourth-order valence-electron chi connectivity index (χ4n) is 1.76. The minimum absolute atomic E-state index is 0.0215. The second-order valence-corrected chi connectivity index (χ2v) is 5.47. The molecule has 7 heteroatoms. The number of halogens is 1. The maximum absolute atomic E-state index is 11.8. The number of rotatable bonds is 3. The van der Waals surface area contributed by atoms with Crippen LogP contribution in [0.1, 0.15) is 15.9 Å². The van der Waals surface area contributed by atoms with Crippen LogP contribution in [0.2, 0.25) is 5.02 Å². The van der Waals surface area contributed by atoms with Gasteiger partial charge in [-0.3, -0.25) is 20.4 Å². The summed E-state index contributed by atoms with van der Waals surface area (Å²) in [6.45, 7) is 0. The van der Waals surface area contributed by atoms with E-state index in [4.69, 9.17) is 23.8 Å². The molecule has 0 atom stereocenters. The molecule has 0 radical (unpaired) electrons. The Morgan fingerprint density at radius 1 is 0.957 bits per heavy atom. The third-order valence-electron chi connectivity index (χ3n) is 2.86. The Hall–Kier alpha value is -2.44. The number of thiocarbonyl (C=S) groups is 1. The van der Waals surface area contributed by atoms with Crippen LogP contribution in [0, 0.1) is 0 Å². The molecule has 2 rings (SSSR count). The van der Waals surface area contributed by atoms with Crippen molar-refractivity contribution in [3.05, 3.63) is 70.7 Å². The quantitative estimate of drug-likeness (QED) is 0.588. The summed E-state index contributed by atoms with van der Waals surface area (Å²) in [6.07, 6.45) is 0.158. The summed E-state index contributed by atoms with van der Waals surface area (Å²) in [4.78, 5) is 23.6. The maximum atomic E-state index is 11.8. The molecule has 2 amide bonds. The number of benzene rings is 2. The van der Waals surface area contributed by atoms with Crippen LogP contribution in [-0.4, -0.2) is 16.9 Å². The summed E-state index contributed by atoms with van der Waals surface area (Å²) in [5, 5.41) is 3.11. The number of carbonyl (C=O) groups is 2. The molecule has 23 heavy (non-hydrogen) atoms. The van der Waals surface area contributed by atoms with Gasteiger partial charge in [0.15, 0.2) is 5.11 Å². The molecular weight excluding hydrogens is 334 g/mol. The summed E-state index contributed by atoms with van der Waals surface area (Å²) < 4.78 is 0. The minimum atomic E-state index is -0.347. The Bertz CT molecular complexity index is 705. The third-order valence-corrected chi connectivity index (χ3v) is 3.31. The van der Waals surface area contributed by atoms with Crippen molar-refractivity contribution in [3.8, 4) is 0 Å². The Balaban J connectivity index is 1.77. The maximum Gasteiger partial charge on any atom is 0.269 e. The van der Waals surface area contributed by atoms with Gasteiger partial charge < -0.3 is 5.32 Å². The first-order valence-corrected chi connectivity index (χ1v) is 7.53. The first-order valence-electron chi connectivity index (χ1n) is 6.74. The molecule has 2 aromatic carbocycles. The van der Waals surface area contributed by atoms with Gasteiger partial charge >= 0.3 is 0 Å². The van der Waals surface area contributed by atoms with Crippen LogP contribution < -0.4 is 16.2 Å². The van der Waals surface area contributed by atoms with Crippen molar-refractivity contribution in [2.45, 2.75) is 6.42 Å². The van der Waals surface area contributed by atoms with Crippen LogP contribution in [0.3, 0.4) is 0 Å². The highest BCUT2D eigenvalue weighted by Crippen LogP contribution is 2.09. The molecule has 0 unspecified atom stereocenters. The van der Waals surface area contributed by atoms with Crippen molar-refractivity contribution in [2.75, 3.05) is 0 Å². The van der Waals surface area contributed by atoms with Crippen molar-refractivity contribution in [2.24, 2.45) is 0 Å². The second kappa shape index (κ2) is 8.26. The lowest BCUT2D eigenvalue weighted by Gasteiger charge is -2.10. The van der Waals surface area contributed by atoms with Gasteiger partial charge in [-0.2, -0.15) is 0 Å². The van der Waals surface area contributed by atoms with E-state index in [0.29, 0.717) is 10.6 Å². The lowest BCUT2D eigenvalue weighted by atomic mass is 10.1. The molecule has 0 aromatic heterocycles. The predicted molar refractivity (Wildman–Crippen MR) is 92.9 cm³/mol. The minimum Gasteiger partial charge on any atom is -0.302 e. The van der Waals surface area contributed by atoms with E-state index in [1.807, 2.05) is 6.07 Å². The standard InChI is InChI=1S/C16H14ClN3O2S/c17-13-8-6-11(7-9-13)10-14(21)18-16(23)20-19-15(22)12-4-2-1-3-5-12/h1-9H,10H2,(H,19,22)(H2,18,20,21,23). The Kier molecular flexibility index (Phi) is 6.08. The van der Waals surface area contributed by atoms with E-state index in [1.165, 1.54) is 0 Å². The zero-order valence-electron chi connectivity index (χ0n) is 12.0. The molecular formula is C16H14ClN3O2S. The molecule has 0 bridgehead atoms. The number of hydrogen-bond acceptors (Lipinski definition) is 3. The van der Waals surface area contributed by atoms with Gasteiger partial charge in [0.05, 0.1) is 6.42 Å². The van der Waals surface area contributed by atoms with E-state index in [-0.39, 0.29) is 23.3 Å². The third kappa shape index (κ3) is 5.69. The molecule has 0 saturated heterocycles. The van der Waals surface area contributed by atoms with Gasteiger partial charge in [-0.05, 0) is 42.0 Å². The van der Waals surface area contributed by atoms with Crippen molar-refractivity contribution < 1.29 is 9.59 Å². The Morgan fingerprint density at radius 2 is 1.61 bits per heavy atom. The monoisotopic (exact) mass is 347 g/mol. The normalized spacial score (nSPS) is 9.78. The van der Waals surface area contributed by atoms with Gasteiger partial charge in [0.25, 0.3) is 5.91 Å². The predicted octanol–water partition coefficient (Wildman–Crippen LogP) is 2.22. The van der Waals surface area contributed by atoms with Crippen molar-refractivity contribution in [1.29, 1.82) is 0 Å². The zero-order valence-corrected chi connectivity index (χ0v) is 13.6. The van der Waals surface area contributed by atoms with E-state index in [1.54, 1.807) is 48.5 Å². The molecule has 0 fully saturated rings. The molecule has 0 aliphatic carbocycles. The van der Waals surface area contributed by atoms with E-state index in [0.717, 1.165) is 5.56 Å². The van der Waals surface area contributed by atoms with Gasteiger partial charge in [-0.15, -0.1) is 0 Å². The van der Waals surface area contributed by atoms with Gasteiger partial charge in [0.1, 0.15) is 0 Å². The first-order chi connectivity index (χ1) is 11.0. The number of amides is 2. The fraction of sp³-hybridized carbons (Fsp3) is 0.0625. The van der Waals surface area contributed by atoms with Gasteiger partial charge in [-0.25, -0.2) is 0 Å². The van der Waals surface area contributed by atoms with Crippen LogP contribution >= 0.6 is 23.8 Å². The van der Waals surface area contributed by atoms with Crippen molar-refractivity contribution >= 4 is 40.7 Å². The summed E-state index contributed by atoms with van der Waals surface area (Å²) in [7, 11) is 0. The molecule has 0 saturated carbocycles. The lowest BCUT2D eigenvalue weighted by molar-refractivity contribution is -0.119. The SMILES string of the molecule is O=C(Cc1ccc(Cl)cc1)NC(=S)NNC(=O)c1ccccc1. The Morgan fingerprint density at radius 3 is 2.26 bits per heavy atom. The average Bonchev–Trinajstić information content (AvgIpc) is 2.55. The van der Waals surface area contributed by atoms with Crippen LogP contribution in [-0.2, 0) is 11.2 Å². The number of nitrogens with one attached hydrogen (secondary N) is 3. The van der Waals surface area contributed by atoms with Crippen LogP contribution in [0.5, 0.6) is 0 Å². The van der Waals surface area contributed by atoms with Crippen LogP contribution in [0.25, 0.3) is 0 Å². The summed E-state index contributed by atoms with van der Waals surface area (Å²) in [6, 6.07) is 15.6. The average molecular weight is 348 g/mol. The fourth-order valence-corrected chi connectivity index (χ4v) is 2.06. The van der Waals surface area contributed by atoms with Crippen molar-refractivity contribution in [3.63, 3.8) is 0 Å². The smallest absolute Gasteiger partial charge is 0.269 e. The van der Waals surface area contributed by atoms with Crippen molar-refractivity contribution in [1.82, 2.24) is 16.2 Å². The molecule has 0 heterocycles. The summed E-state index contributed by atoms with van der Waals surface area (Å²) in [5.41, 5.74) is 6.19. The topological polar surface area (TPSA) is 70.2 Å². The van der Waals surface area contributed by atoms with Crippen LogP contribution in [0.4, 0.5) is 0 Å². The molecule has 5 nitrogen and oxygen atoms in total. The van der Waals surface area contributed by atoms with E-state index in [2.05, 4.69) is 16.2 Å².